The minimum atomic E-state index is -0.153. The van der Waals surface area contributed by atoms with E-state index in [2.05, 4.69) is 15.4 Å². The summed E-state index contributed by atoms with van der Waals surface area (Å²) in [5.41, 5.74) is 3.02. The molecule has 0 aromatic carbocycles. The largest absolute Gasteiger partial charge is 0.341 e. The molecule has 1 aliphatic heterocycles. The van der Waals surface area contributed by atoms with Gasteiger partial charge in [-0.05, 0) is 44.9 Å². The number of halogens is 1. The minimum Gasteiger partial charge on any atom is -0.341 e. The molecule has 1 unspecified atom stereocenters. The zero-order chi connectivity index (χ0) is 17.4. The SMILES string of the molecule is CNC1CCCN(C(=O)Cc2c(C)nc3c(c2C)c(=O)[nH]n3C)C1.Cl. The van der Waals surface area contributed by atoms with Crippen molar-refractivity contribution in [2.75, 3.05) is 20.1 Å². The van der Waals surface area contributed by atoms with Crippen molar-refractivity contribution < 1.29 is 4.79 Å². The number of carbonyl (C=O) groups is 1. The molecular formula is C17H26ClN5O2. The van der Waals surface area contributed by atoms with Crippen molar-refractivity contribution in [2.45, 2.75) is 39.2 Å². The number of H-pyrrole nitrogens is 1. The number of hydrogen-bond acceptors (Lipinski definition) is 4. The van der Waals surface area contributed by atoms with Crippen LogP contribution in [0.25, 0.3) is 11.0 Å². The highest BCUT2D eigenvalue weighted by Crippen LogP contribution is 2.21. The van der Waals surface area contributed by atoms with E-state index >= 15 is 0 Å². The lowest BCUT2D eigenvalue weighted by Gasteiger charge is -2.32. The molecule has 138 valence electrons. The summed E-state index contributed by atoms with van der Waals surface area (Å²) >= 11 is 0. The summed E-state index contributed by atoms with van der Waals surface area (Å²) in [6.45, 7) is 5.35. The normalized spacial score (nSPS) is 17.6. The number of aromatic amines is 1. The number of amides is 1. The van der Waals surface area contributed by atoms with Crippen molar-refractivity contribution in [3.05, 3.63) is 27.2 Å². The molecule has 7 nitrogen and oxygen atoms in total. The third-order valence-corrected chi connectivity index (χ3v) is 5.09. The van der Waals surface area contributed by atoms with Gasteiger partial charge < -0.3 is 10.2 Å². The van der Waals surface area contributed by atoms with Crippen LogP contribution in [0.5, 0.6) is 0 Å². The van der Waals surface area contributed by atoms with Crippen molar-refractivity contribution in [2.24, 2.45) is 7.05 Å². The van der Waals surface area contributed by atoms with Gasteiger partial charge in [-0.3, -0.25) is 19.4 Å². The fourth-order valence-electron chi connectivity index (χ4n) is 3.61. The molecule has 1 atom stereocenters. The number of fused-ring (bicyclic) bond motifs is 1. The van der Waals surface area contributed by atoms with E-state index in [1.165, 1.54) is 0 Å². The zero-order valence-electron chi connectivity index (χ0n) is 15.2. The van der Waals surface area contributed by atoms with Crippen LogP contribution in [0.3, 0.4) is 0 Å². The third-order valence-electron chi connectivity index (χ3n) is 5.09. The van der Waals surface area contributed by atoms with Crippen molar-refractivity contribution in [3.63, 3.8) is 0 Å². The second-order valence-corrected chi connectivity index (χ2v) is 6.64. The maximum atomic E-state index is 12.7. The first-order valence-corrected chi connectivity index (χ1v) is 8.42. The molecule has 0 radical (unpaired) electrons. The molecule has 1 saturated heterocycles. The summed E-state index contributed by atoms with van der Waals surface area (Å²) in [5.74, 6) is 0.106. The molecular weight excluding hydrogens is 342 g/mol. The number of rotatable bonds is 3. The number of likely N-dealkylation sites (N-methyl/N-ethyl adjacent to an activating group) is 1. The molecule has 0 saturated carbocycles. The Hall–Kier alpha value is -1.86. The summed E-state index contributed by atoms with van der Waals surface area (Å²) < 4.78 is 1.63. The molecule has 8 heteroatoms. The summed E-state index contributed by atoms with van der Waals surface area (Å²) in [5, 5.41) is 6.57. The Balaban J connectivity index is 0.00000225. The van der Waals surface area contributed by atoms with Crippen LogP contribution in [0.15, 0.2) is 4.79 Å². The molecule has 0 spiro atoms. The zero-order valence-corrected chi connectivity index (χ0v) is 16.0. The number of aryl methyl sites for hydroxylation is 3. The summed E-state index contributed by atoms with van der Waals surface area (Å²) in [6, 6.07) is 0.363. The van der Waals surface area contributed by atoms with Gasteiger partial charge in [-0.15, -0.1) is 12.4 Å². The van der Waals surface area contributed by atoms with E-state index in [4.69, 9.17) is 0 Å². The Labute approximate surface area is 153 Å². The predicted octanol–water partition coefficient (Wildman–Crippen LogP) is 1.05. The Bertz CT molecular complexity index is 842. The minimum absolute atomic E-state index is 0. The summed E-state index contributed by atoms with van der Waals surface area (Å²) in [4.78, 5) is 31.3. The number of piperidine rings is 1. The molecule has 2 aromatic heterocycles. The fourth-order valence-corrected chi connectivity index (χ4v) is 3.61. The molecule has 2 N–H and O–H groups in total. The number of nitrogens with one attached hydrogen (secondary N) is 2. The molecule has 1 amide bonds. The van der Waals surface area contributed by atoms with E-state index in [0.29, 0.717) is 23.5 Å². The van der Waals surface area contributed by atoms with E-state index < -0.39 is 0 Å². The van der Waals surface area contributed by atoms with Gasteiger partial charge in [0, 0.05) is 31.9 Å². The molecule has 0 bridgehead atoms. The number of nitrogens with zero attached hydrogens (tertiary/aromatic N) is 3. The second kappa shape index (κ2) is 7.58. The lowest BCUT2D eigenvalue weighted by molar-refractivity contribution is -0.131. The number of carbonyl (C=O) groups excluding carboxylic acids is 1. The summed E-state index contributed by atoms with van der Waals surface area (Å²) in [7, 11) is 3.71. The van der Waals surface area contributed by atoms with Crippen LogP contribution >= 0.6 is 12.4 Å². The maximum Gasteiger partial charge on any atom is 0.273 e. The molecule has 25 heavy (non-hydrogen) atoms. The van der Waals surface area contributed by atoms with E-state index in [1.54, 1.807) is 11.7 Å². The van der Waals surface area contributed by atoms with Gasteiger partial charge in [-0.25, -0.2) is 4.98 Å². The van der Waals surface area contributed by atoms with Gasteiger partial charge in [0.25, 0.3) is 5.56 Å². The van der Waals surface area contributed by atoms with Gasteiger partial charge in [0.15, 0.2) is 5.65 Å². The average Bonchev–Trinajstić information content (AvgIpc) is 2.85. The lowest BCUT2D eigenvalue weighted by Crippen LogP contribution is -2.47. The van der Waals surface area contributed by atoms with E-state index in [9.17, 15) is 9.59 Å². The van der Waals surface area contributed by atoms with Crippen molar-refractivity contribution >= 4 is 29.3 Å². The Morgan fingerprint density at radius 2 is 2.12 bits per heavy atom. The van der Waals surface area contributed by atoms with Gasteiger partial charge >= 0.3 is 0 Å². The number of pyridine rings is 1. The van der Waals surface area contributed by atoms with E-state index in [0.717, 1.165) is 42.8 Å². The predicted molar refractivity (Wildman–Crippen MR) is 100 cm³/mol. The molecule has 0 aliphatic carbocycles. The van der Waals surface area contributed by atoms with Crippen molar-refractivity contribution in [1.29, 1.82) is 0 Å². The number of aromatic nitrogens is 3. The highest BCUT2D eigenvalue weighted by Gasteiger charge is 2.24. The van der Waals surface area contributed by atoms with Crippen LogP contribution in [-0.4, -0.2) is 51.8 Å². The molecule has 3 heterocycles. The fraction of sp³-hybridized carbons (Fsp3) is 0.588. The smallest absolute Gasteiger partial charge is 0.273 e. The van der Waals surface area contributed by atoms with Crippen LogP contribution in [0.4, 0.5) is 0 Å². The van der Waals surface area contributed by atoms with Crippen LogP contribution in [-0.2, 0) is 18.3 Å². The number of likely N-dealkylation sites (tertiary alicyclic amines) is 1. The Morgan fingerprint density at radius 3 is 2.80 bits per heavy atom. The first-order valence-electron chi connectivity index (χ1n) is 8.42. The Morgan fingerprint density at radius 1 is 1.40 bits per heavy atom. The topological polar surface area (TPSA) is 83.0 Å². The lowest BCUT2D eigenvalue weighted by atomic mass is 10.00. The van der Waals surface area contributed by atoms with Gasteiger partial charge in [0.2, 0.25) is 5.91 Å². The molecule has 1 aliphatic rings. The van der Waals surface area contributed by atoms with Crippen LogP contribution in [0.1, 0.15) is 29.7 Å². The monoisotopic (exact) mass is 367 g/mol. The quantitative estimate of drug-likeness (QED) is 0.849. The van der Waals surface area contributed by atoms with Crippen LogP contribution in [0, 0.1) is 13.8 Å². The van der Waals surface area contributed by atoms with Gasteiger partial charge in [-0.2, -0.15) is 0 Å². The average molecular weight is 368 g/mol. The first kappa shape index (κ1) is 19.5. The van der Waals surface area contributed by atoms with Crippen molar-refractivity contribution in [1.82, 2.24) is 25.0 Å². The van der Waals surface area contributed by atoms with Gasteiger partial charge in [0.05, 0.1) is 11.8 Å². The second-order valence-electron chi connectivity index (χ2n) is 6.64. The van der Waals surface area contributed by atoms with Gasteiger partial charge in [-0.1, -0.05) is 0 Å². The maximum absolute atomic E-state index is 12.7. The molecule has 1 fully saturated rings. The summed E-state index contributed by atoms with van der Waals surface area (Å²) in [6.07, 6.45) is 2.42. The molecule has 2 aromatic rings. The van der Waals surface area contributed by atoms with E-state index in [1.807, 2.05) is 25.8 Å². The number of hydrogen-bond donors (Lipinski definition) is 2. The Kier molecular flexibility index (Phi) is 5.90. The first-order chi connectivity index (χ1) is 11.4. The molecule has 3 rings (SSSR count). The van der Waals surface area contributed by atoms with Crippen LogP contribution in [0.2, 0.25) is 0 Å². The third kappa shape index (κ3) is 3.57. The highest BCUT2D eigenvalue weighted by molar-refractivity contribution is 5.85. The van der Waals surface area contributed by atoms with Crippen LogP contribution < -0.4 is 10.9 Å². The van der Waals surface area contributed by atoms with Crippen molar-refractivity contribution in [3.8, 4) is 0 Å². The highest BCUT2D eigenvalue weighted by atomic mass is 35.5. The van der Waals surface area contributed by atoms with E-state index in [-0.39, 0.29) is 23.9 Å². The standard InChI is InChI=1S/C17H25N5O2.ClH/c1-10-13(8-14(23)22-7-5-6-12(9-22)18-3)11(2)19-16-15(10)17(24)20-21(16)4;/h12,18H,5-9H2,1-4H3,(H,20,24);1H. The van der Waals surface area contributed by atoms with Gasteiger partial charge in [0.1, 0.15) is 0 Å².